The molecule has 2 aliphatic heterocycles. The molecule has 0 radical (unpaired) electrons. The fraction of sp³-hybridized carbons (Fsp3) is 0.600. The number of piperidine rings is 1. The zero-order chi connectivity index (χ0) is 27.2. The molecule has 0 saturated carbocycles. The molecule has 208 valence electrons. The highest BCUT2D eigenvalue weighted by Gasteiger charge is 2.40. The Labute approximate surface area is 249 Å². The van der Waals surface area contributed by atoms with Crippen LogP contribution in [0.15, 0.2) is 38.9 Å². The summed E-state index contributed by atoms with van der Waals surface area (Å²) in [7, 11) is 0. The quantitative estimate of drug-likeness (QED) is 0.292. The maximum Gasteiger partial charge on any atom is 0.222 e. The summed E-state index contributed by atoms with van der Waals surface area (Å²) in [5.74, 6) is 1.37. The SMILES string of the molecule is CCCCC(CCNC(C)=O)CC(=O)N1CCC(C2c3c(Br)cc(Cl)cc3CCC3=CC(Br)=CNC32)CC1. The molecule has 0 bridgehead atoms. The average Bonchev–Trinajstić information content (AvgIpc) is 3.03. The standard InChI is InChI=1S/C30H40Br2ClN3O2/c1-3-4-5-20(8-11-34-19(2)37)14-27(38)36-12-9-21(10-13-36)29-28-22(16-25(33)17-26(28)32)6-7-23-15-24(31)18-35-30(23)29/h15-18,20-21,29-30,35H,3-14H2,1-2H3,(H,34,37). The Morgan fingerprint density at radius 3 is 2.66 bits per heavy atom. The number of likely N-dealkylation sites (tertiary alicyclic amines) is 1. The first kappa shape index (κ1) is 29.7. The van der Waals surface area contributed by atoms with E-state index < -0.39 is 0 Å². The van der Waals surface area contributed by atoms with Gasteiger partial charge in [0, 0.05) is 59.1 Å². The molecule has 1 saturated heterocycles. The molecule has 38 heavy (non-hydrogen) atoms. The van der Waals surface area contributed by atoms with Crippen LogP contribution in [-0.2, 0) is 16.0 Å². The fourth-order valence-electron chi connectivity index (χ4n) is 6.50. The number of dihydropyridines is 1. The summed E-state index contributed by atoms with van der Waals surface area (Å²) >= 11 is 14.0. The minimum absolute atomic E-state index is 0.00468. The predicted octanol–water partition coefficient (Wildman–Crippen LogP) is 7.23. The van der Waals surface area contributed by atoms with Gasteiger partial charge in [-0.2, -0.15) is 0 Å². The monoisotopic (exact) mass is 667 g/mol. The van der Waals surface area contributed by atoms with Gasteiger partial charge in [0.1, 0.15) is 0 Å². The van der Waals surface area contributed by atoms with Crippen molar-refractivity contribution in [2.75, 3.05) is 19.6 Å². The topological polar surface area (TPSA) is 61.4 Å². The second-order valence-electron chi connectivity index (χ2n) is 11.1. The zero-order valence-electron chi connectivity index (χ0n) is 22.5. The lowest BCUT2D eigenvalue weighted by Crippen LogP contribution is -2.44. The molecular weight excluding hydrogens is 630 g/mol. The van der Waals surface area contributed by atoms with E-state index >= 15 is 0 Å². The van der Waals surface area contributed by atoms with Crippen LogP contribution in [-0.4, -0.2) is 42.4 Å². The smallest absolute Gasteiger partial charge is 0.222 e. The van der Waals surface area contributed by atoms with Crippen LogP contribution in [0.3, 0.4) is 0 Å². The molecule has 2 N–H and O–H groups in total. The number of halogens is 3. The summed E-state index contributed by atoms with van der Waals surface area (Å²) in [5.41, 5.74) is 4.14. The number of nitrogens with one attached hydrogen (secondary N) is 2. The van der Waals surface area contributed by atoms with Gasteiger partial charge in [0.25, 0.3) is 0 Å². The molecule has 0 spiro atoms. The summed E-state index contributed by atoms with van der Waals surface area (Å²) in [5, 5.41) is 7.38. The largest absolute Gasteiger partial charge is 0.383 e. The van der Waals surface area contributed by atoms with Gasteiger partial charge < -0.3 is 15.5 Å². The highest BCUT2D eigenvalue weighted by atomic mass is 79.9. The predicted molar refractivity (Wildman–Crippen MR) is 162 cm³/mol. The molecule has 3 atom stereocenters. The van der Waals surface area contributed by atoms with Crippen LogP contribution in [0.1, 0.15) is 82.3 Å². The van der Waals surface area contributed by atoms with Crippen molar-refractivity contribution in [1.82, 2.24) is 15.5 Å². The Morgan fingerprint density at radius 1 is 1.18 bits per heavy atom. The molecule has 1 aromatic rings. The van der Waals surface area contributed by atoms with Gasteiger partial charge in [-0.3, -0.25) is 9.59 Å². The van der Waals surface area contributed by atoms with Crippen molar-refractivity contribution in [3.05, 3.63) is 55.1 Å². The lowest BCUT2D eigenvalue weighted by Gasteiger charge is -2.41. The molecule has 8 heteroatoms. The van der Waals surface area contributed by atoms with Crippen LogP contribution in [0.25, 0.3) is 0 Å². The van der Waals surface area contributed by atoms with Gasteiger partial charge in [0.15, 0.2) is 0 Å². The summed E-state index contributed by atoms with van der Waals surface area (Å²) < 4.78 is 2.18. The Balaban J connectivity index is 1.46. The number of amides is 2. The van der Waals surface area contributed by atoms with Crippen LogP contribution in [0, 0.1) is 11.8 Å². The third kappa shape index (κ3) is 7.45. The summed E-state index contributed by atoms with van der Waals surface area (Å²) in [6.07, 6.45) is 13.1. The molecule has 1 aliphatic carbocycles. The maximum atomic E-state index is 13.3. The van der Waals surface area contributed by atoms with Crippen molar-refractivity contribution in [1.29, 1.82) is 0 Å². The molecule has 3 aliphatic rings. The number of nitrogens with zero attached hydrogens (tertiary/aromatic N) is 1. The van der Waals surface area contributed by atoms with Crippen molar-refractivity contribution < 1.29 is 9.59 Å². The number of unbranched alkanes of at least 4 members (excludes halogenated alkanes) is 1. The van der Waals surface area contributed by atoms with E-state index in [4.69, 9.17) is 11.6 Å². The van der Waals surface area contributed by atoms with E-state index in [1.807, 2.05) is 6.07 Å². The van der Waals surface area contributed by atoms with E-state index in [2.05, 4.69) is 72.7 Å². The number of carbonyl (C=O) groups excluding carboxylic acids is 2. The molecule has 4 rings (SSSR count). The van der Waals surface area contributed by atoms with Gasteiger partial charge in [-0.15, -0.1) is 0 Å². The van der Waals surface area contributed by atoms with Gasteiger partial charge in [-0.25, -0.2) is 0 Å². The number of aryl methyl sites for hydroxylation is 1. The Kier molecular flexibility index (Phi) is 10.8. The molecule has 2 amide bonds. The van der Waals surface area contributed by atoms with Crippen molar-refractivity contribution in [2.45, 2.75) is 83.6 Å². The first-order valence-corrected chi connectivity index (χ1v) is 16.0. The number of fused-ring (bicyclic) bond motifs is 2. The van der Waals surface area contributed by atoms with Crippen molar-refractivity contribution in [3.63, 3.8) is 0 Å². The van der Waals surface area contributed by atoms with E-state index in [1.165, 1.54) is 16.7 Å². The van der Waals surface area contributed by atoms with Crippen molar-refractivity contribution in [3.8, 4) is 0 Å². The first-order chi connectivity index (χ1) is 18.3. The summed E-state index contributed by atoms with van der Waals surface area (Å²) in [4.78, 5) is 26.7. The van der Waals surface area contributed by atoms with Gasteiger partial charge in [0.05, 0.1) is 6.04 Å². The van der Waals surface area contributed by atoms with Gasteiger partial charge in [0.2, 0.25) is 11.8 Å². The molecule has 3 unspecified atom stereocenters. The Bertz CT molecular complexity index is 1080. The summed E-state index contributed by atoms with van der Waals surface area (Å²) in [6.45, 7) is 5.99. The van der Waals surface area contributed by atoms with E-state index in [-0.39, 0.29) is 17.9 Å². The second kappa shape index (κ2) is 13.8. The summed E-state index contributed by atoms with van der Waals surface area (Å²) in [6, 6.07) is 4.42. The number of rotatable bonds is 9. The van der Waals surface area contributed by atoms with E-state index in [0.717, 1.165) is 78.4 Å². The Hall–Kier alpha value is -1.31. The molecule has 5 nitrogen and oxygen atoms in total. The number of hydrogen-bond acceptors (Lipinski definition) is 3. The van der Waals surface area contributed by atoms with Crippen LogP contribution in [0.4, 0.5) is 0 Å². The molecule has 1 aromatic carbocycles. The number of benzene rings is 1. The van der Waals surface area contributed by atoms with Crippen LogP contribution >= 0.6 is 43.5 Å². The highest BCUT2D eigenvalue weighted by Crippen LogP contribution is 2.47. The third-order valence-electron chi connectivity index (χ3n) is 8.43. The lowest BCUT2D eigenvalue weighted by atomic mass is 9.73. The lowest BCUT2D eigenvalue weighted by molar-refractivity contribution is -0.133. The average molecular weight is 670 g/mol. The molecule has 0 aromatic heterocycles. The Morgan fingerprint density at radius 2 is 1.95 bits per heavy atom. The van der Waals surface area contributed by atoms with Gasteiger partial charge >= 0.3 is 0 Å². The molecule has 1 fully saturated rings. The van der Waals surface area contributed by atoms with Crippen LogP contribution in [0.5, 0.6) is 0 Å². The number of hydrogen-bond donors (Lipinski definition) is 2. The minimum atomic E-state index is -0.00468. The normalized spacial score (nSPS) is 22.3. The van der Waals surface area contributed by atoms with Crippen LogP contribution in [0.2, 0.25) is 5.02 Å². The molecule has 2 heterocycles. The molecular formula is C30H40Br2ClN3O2. The number of allylic oxidation sites excluding steroid dienone is 2. The van der Waals surface area contributed by atoms with Crippen LogP contribution < -0.4 is 10.6 Å². The van der Waals surface area contributed by atoms with Gasteiger partial charge in [-0.1, -0.05) is 47.3 Å². The minimum Gasteiger partial charge on any atom is -0.383 e. The van der Waals surface area contributed by atoms with Crippen molar-refractivity contribution >= 4 is 55.3 Å². The highest BCUT2D eigenvalue weighted by molar-refractivity contribution is 9.12. The van der Waals surface area contributed by atoms with E-state index in [0.29, 0.717) is 30.7 Å². The van der Waals surface area contributed by atoms with E-state index in [1.54, 1.807) is 6.92 Å². The third-order valence-corrected chi connectivity index (χ3v) is 9.77. The first-order valence-electron chi connectivity index (χ1n) is 14.1. The maximum absolute atomic E-state index is 13.3. The van der Waals surface area contributed by atoms with Gasteiger partial charge in [-0.05, 0) is 101 Å². The second-order valence-corrected chi connectivity index (χ2v) is 13.3. The number of carbonyl (C=O) groups is 2. The van der Waals surface area contributed by atoms with E-state index in [9.17, 15) is 9.59 Å². The fourth-order valence-corrected chi connectivity index (χ4v) is 8.06. The zero-order valence-corrected chi connectivity index (χ0v) is 26.4. The van der Waals surface area contributed by atoms with Crippen molar-refractivity contribution in [2.24, 2.45) is 11.8 Å².